The smallest absolute Gasteiger partial charge is 0.410 e. The van der Waals surface area contributed by atoms with Gasteiger partial charge in [0.05, 0.1) is 6.20 Å². The second kappa shape index (κ2) is 10.4. The van der Waals surface area contributed by atoms with E-state index < -0.39 is 17.5 Å². The number of halogens is 1. The highest BCUT2D eigenvalue weighted by Gasteiger charge is 2.28. The summed E-state index contributed by atoms with van der Waals surface area (Å²) in [6.07, 6.45) is 4.22. The topological polar surface area (TPSA) is 142 Å². The zero-order chi connectivity index (χ0) is 27.7. The van der Waals surface area contributed by atoms with Gasteiger partial charge in [-0.25, -0.2) is 14.6 Å². The molecule has 5 rings (SSSR count). The molecule has 2 aliphatic rings. The summed E-state index contributed by atoms with van der Waals surface area (Å²) in [4.78, 5) is 42.6. The largest absolute Gasteiger partial charge is 0.444 e. The number of carbonyl (C=O) groups excluding carboxylic acids is 3. The van der Waals surface area contributed by atoms with Crippen LogP contribution in [0.1, 0.15) is 39.2 Å². The van der Waals surface area contributed by atoms with E-state index in [0.29, 0.717) is 53.8 Å². The van der Waals surface area contributed by atoms with E-state index in [1.54, 1.807) is 27.7 Å². The van der Waals surface area contributed by atoms with Crippen molar-refractivity contribution < 1.29 is 19.1 Å². The number of nitrogens with zero attached hydrogens (tertiary/aromatic N) is 4. The fourth-order valence-electron chi connectivity index (χ4n) is 4.34. The molecule has 3 aromatic rings. The lowest BCUT2D eigenvalue weighted by atomic mass is 10.1. The molecule has 1 aromatic carbocycles. The Hall–Kier alpha value is -4.32. The average Bonchev–Trinajstić information content (AvgIpc) is 3.40. The highest BCUT2D eigenvalue weighted by atomic mass is 35.5. The zero-order valence-corrected chi connectivity index (χ0v) is 22.5. The molecule has 4 N–H and O–H groups in total. The van der Waals surface area contributed by atoms with Crippen LogP contribution >= 0.6 is 11.6 Å². The third-order valence-corrected chi connectivity index (χ3v) is 6.35. The summed E-state index contributed by atoms with van der Waals surface area (Å²) in [5.74, 6) is 0.672. The minimum atomic E-state index is -0.584. The molecule has 2 aromatic heterocycles. The van der Waals surface area contributed by atoms with Gasteiger partial charge in [-0.3, -0.25) is 10.1 Å². The molecular weight excluding hydrogens is 524 g/mol. The standard InChI is InChI=1S/C26H29ClN8O4/c1-26(2,3)39-25(38)34-9-7-17(8-10-34)30-21-13-20(29-18-6-4-5-16(27)12-18)32-22-15(14-28-35(21)22)11-19-23(36)33-24(37)31-19/h4-6,11-14,17,30H,7-10H2,1-3H3,(H,29,32)(H2,31,33,36,37). The monoisotopic (exact) mass is 552 g/mol. The van der Waals surface area contributed by atoms with Crippen LogP contribution in [0.2, 0.25) is 5.02 Å². The molecule has 0 saturated carbocycles. The predicted molar refractivity (Wildman–Crippen MR) is 147 cm³/mol. The van der Waals surface area contributed by atoms with Gasteiger partial charge in [0, 0.05) is 41.5 Å². The molecule has 0 radical (unpaired) electrons. The van der Waals surface area contributed by atoms with Crippen molar-refractivity contribution in [2.45, 2.75) is 45.3 Å². The molecule has 4 heterocycles. The molecule has 2 saturated heterocycles. The molecule has 39 heavy (non-hydrogen) atoms. The minimum absolute atomic E-state index is 0.0687. The Bertz CT molecular complexity index is 1470. The van der Waals surface area contributed by atoms with Crippen LogP contribution in [-0.4, -0.2) is 62.3 Å². The molecule has 0 atom stereocenters. The average molecular weight is 553 g/mol. The number of benzene rings is 1. The number of amides is 4. The number of fused-ring (bicyclic) bond motifs is 1. The maximum Gasteiger partial charge on any atom is 0.410 e. The summed E-state index contributed by atoms with van der Waals surface area (Å²) < 4.78 is 7.15. The highest BCUT2D eigenvalue weighted by Crippen LogP contribution is 2.26. The van der Waals surface area contributed by atoms with Gasteiger partial charge in [-0.05, 0) is 57.9 Å². The molecular formula is C26H29ClN8O4. The van der Waals surface area contributed by atoms with Crippen molar-refractivity contribution in [2.24, 2.45) is 0 Å². The first kappa shape index (κ1) is 26.3. The highest BCUT2D eigenvalue weighted by molar-refractivity contribution is 6.30. The van der Waals surface area contributed by atoms with E-state index in [4.69, 9.17) is 21.3 Å². The number of urea groups is 1. The normalized spacial score (nSPS) is 17.3. The van der Waals surface area contributed by atoms with Gasteiger partial charge in [0.1, 0.15) is 22.9 Å². The van der Waals surface area contributed by atoms with Gasteiger partial charge in [-0.15, -0.1) is 0 Å². The number of imide groups is 1. The Labute approximate surface area is 229 Å². The number of anilines is 3. The van der Waals surface area contributed by atoms with Crippen LogP contribution in [0.5, 0.6) is 0 Å². The van der Waals surface area contributed by atoms with Crippen molar-refractivity contribution in [1.29, 1.82) is 0 Å². The van der Waals surface area contributed by atoms with Crippen LogP contribution in [0.15, 0.2) is 42.2 Å². The summed E-state index contributed by atoms with van der Waals surface area (Å²) in [5.41, 5.74) is 1.32. The Kier molecular flexibility index (Phi) is 7.04. The van der Waals surface area contributed by atoms with Crippen LogP contribution in [0.4, 0.5) is 26.9 Å². The molecule has 2 fully saturated rings. The van der Waals surface area contributed by atoms with Gasteiger partial charge in [0.2, 0.25) is 0 Å². The quantitative estimate of drug-likeness (QED) is 0.273. The molecule has 12 nitrogen and oxygen atoms in total. The van der Waals surface area contributed by atoms with E-state index in [1.165, 1.54) is 6.08 Å². The summed E-state index contributed by atoms with van der Waals surface area (Å²) in [6, 6.07) is 8.58. The number of nitrogens with one attached hydrogen (secondary N) is 4. The molecule has 2 aliphatic heterocycles. The van der Waals surface area contributed by atoms with Crippen molar-refractivity contribution in [2.75, 3.05) is 23.7 Å². The molecule has 0 aliphatic carbocycles. The van der Waals surface area contributed by atoms with Crippen LogP contribution in [-0.2, 0) is 9.53 Å². The van der Waals surface area contributed by atoms with E-state index in [1.807, 2.05) is 39.0 Å². The van der Waals surface area contributed by atoms with Gasteiger partial charge in [0.15, 0.2) is 5.65 Å². The Morgan fingerprint density at radius 2 is 1.95 bits per heavy atom. The zero-order valence-electron chi connectivity index (χ0n) is 21.7. The Morgan fingerprint density at radius 3 is 2.62 bits per heavy atom. The van der Waals surface area contributed by atoms with Crippen molar-refractivity contribution in [3.8, 4) is 0 Å². The van der Waals surface area contributed by atoms with Gasteiger partial charge >= 0.3 is 12.1 Å². The molecule has 0 unspecified atom stereocenters. The molecule has 204 valence electrons. The number of aromatic nitrogens is 3. The van der Waals surface area contributed by atoms with Crippen LogP contribution in [0, 0.1) is 0 Å². The van der Waals surface area contributed by atoms with E-state index in [2.05, 4.69) is 26.4 Å². The van der Waals surface area contributed by atoms with Crippen molar-refractivity contribution >= 4 is 58.7 Å². The number of piperidine rings is 1. The minimum Gasteiger partial charge on any atom is -0.444 e. The van der Waals surface area contributed by atoms with E-state index in [0.717, 1.165) is 5.69 Å². The molecule has 0 spiro atoms. The van der Waals surface area contributed by atoms with Gasteiger partial charge in [-0.2, -0.15) is 9.61 Å². The molecule has 0 bridgehead atoms. The lowest BCUT2D eigenvalue weighted by Gasteiger charge is -2.34. The number of ether oxygens (including phenoxy) is 1. The van der Waals surface area contributed by atoms with Gasteiger partial charge < -0.3 is 25.6 Å². The lowest BCUT2D eigenvalue weighted by Crippen LogP contribution is -2.44. The summed E-state index contributed by atoms with van der Waals surface area (Å²) in [7, 11) is 0. The van der Waals surface area contributed by atoms with Gasteiger partial charge in [0.25, 0.3) is 5.91 Å². The molecule has 13 heteroatoms. The van der Waals surface area contributed by atoms with Crippen molar-refractivity contribution in [3.63, 3.8) is 0 Å². The second-order valence-corrected chi connectivity index (χ2v) is 10.8. The van der Waals surface area contributed by atoms with Crippen LogP contribution in [0.3, 0.4) is 0 Å². The second-order valence-electron chi connectivity index (χ2n) is 10.3. The number of hydrogen-bond donors (Lipinski definition) is 4. The van der Waals surface area contributed by atoms with Crippen molar-refractivity contribution in [3.05, 3.63) is 52.8 Å². The first-order chi connectivity index (χ1) is 18.5. The molecule has 4 amide bonds. The Balaban J connectivity index is 1.42. The summed E-state index contributed by atoms with van der Waals surface area (Å²) in [5, 5.41) is 16.5. The van der Waals surface area contributed by atoms with Crippen LogP contribution in [0.25, 0.3) is 11.7 Å². The number of carbonyl (C=O) groups is 3. The maximum atomic E-state index is 12.5. The fraction of sp³-hybridized carbons (Fsp3) is 0.346. The number of rotatable bonds is 5. The van der Waals surface area contributed by atoms with E-state index in [9.17, 15) is 14.4 Å². The van der Waals surface area contributed by atoms with Crippen molar-refractivity contribution in [1.82, 2.24) is 30.1 Å². The summed E-state index contributed by atoms with van der Waals surface area (Å²) >= 11 is 6.16. The predicted octanol–water partition coefficient (Wildman–Crippen LogP) is 4.12. The van der Waals surface area contributed by atoms with E-state index >= 15 is 0 Å². The third-order valence-electron chi connectivity index (χ3n) is 6.11. The first-order valence-electron chi connectivity index (χ1n) is 12.5. The van der Waals surface area contributed by atoms with E-state index in [-0.39, 0.29) is 17.8 Å². The lowest BCUT2D eigenvalue weighted by molar-refractivity contribution is -0.115. The van der Waals surface area contributed by atoms with Crippen LogP contribution < -0.4 is 21.3 Å². The van der Waals surface area contributed by atoms with Gasteiger partial charge in [-0.1, -0.05) is 17.7 Å². The number of hydrogen-bond acceptors (Lipinski definition) is 8. The first-order valence-corrected chi connectivity index (χ1v) is 12.9. The summed E-state index contributed by atoms with van der Waals surface area (Å²) in [6.45, 7) is 6.66. The number of likely N-dealkylation sites (tertiary alicyclic amines) is 1. The SMILES string of the molecule is CC(C)(C)OC(=O)N1CCC(Nc2cc(Nc3cccc(Cl)c3)nc3c(C=C4NC(=O)NC4=O)cnn23)CC1. The third kappa shape index (κ3) is 6.23. The Morgan fingerprint density at radius 1 is 1.18 bits per heavy atom. The fourth-order valence-corrected chi connectivity index (χ4v) is 4.53. The maximum absolute atomic E-state index is 12.5.